The third kappa shape index (κ3) is 11.8. The number of aliphatic carboxylic acids is 1. The van der Waals surface area contributed by atoms with E-state index in [1.54, 1.807) is 13.0 Å². The number of ether oxygens (including phenoxy) is 2. The van der Waals surface area contributed by atoms with Crippen LogP contribution in [-0.4, -0.2) is 52.0 Å². The van der Waals surface area contributed by atoms with Gasteiger partial charge < -0.3 is 24.8 Å². The summed E-state index contributed by atoms with van der Waals surface area (Å²) in [4.78, 5) is 10.3. The zero-order valence-corrected chi connectivity index (χ0v) is 17.6. The molecule has 0 aromatic carbocycles. The van der Waals surface area contributed by atoms with E-state index in [2.05, 4.69) is 0 Å². The topological polar surface area (TPSA) is 96.2 Å². The number of carboxylic acids is 1. The van der Waals surface area contributed by atoms with E-state index < -0.39 is 24.5 Å². The highest BCUT2D eigenvalue weighted by molar-refractivity contribution is 5.79. The van der Waals surface area contributed by atoms with Gasteiger partial charge in [-0.15, -0.1) is 0 Å². The largest absolute Gasteiger partial charge is 0.478 e. The summed E-state index contributed by atoms with van der Waals surface area (Å²) in [5.41, 5.74) is 0. The van der Waals surface area contributed by atoms with Gasteiger partial charge in [0.05, 0.1) is 18.3 Å². The monoisotopic (exact) mass is 400 g/mol. The molecule has 1 rings (SSSR count). The fourth-order valence-electron chi connectivity index (χ4n) is 3.48. The van der Waals surface area contributed by atoms with Crippen LogP contribution >= 0.6 is 0 Å². The lowest BCUT2D eigenvalue weighted by atomic mass is 10.0. The Bertz CT molecular complexity index is 439. The standard InChI is InChI=1S/C22H40O6/c1-17(27-22-20(24)16-19(23)18(2)28-22)14-12-10-8-6-4-3-5-7-9-11-13-15-21(25)26/h13,15,17-20,22-24H,3-12,14,16H2,1-2H3,(H,25,26). The Morgan fingerprint density at radius 3 is 2.21 bits per heavy atom. The fraction of sp³-hybridized carbons (Fsp3) is 0.864. The molecule has 1 fully saturated rings. The van der Waals surface area contributed by atoms with Crippen LogP contribution in [0, 0.1) is 0 Å². The zero-order valence-electron chi connectivity index (χ0n) is 17.6. The summed E-state index contributed by atoms with van der Waals surface area (Å²) in [5.74, 6) is -0.865. The van der Waals surface area contributed by atoms with Gasteiger partial charge in [-0.2, -0.15) is 0 Å². The number of hydrogen-bond acceptors (Lipinski definition) is 5. The van der Waals surface area contributed by atoms with Crippen molar-refractivity contribution in [2.24, 2.45) is 0 Å². The van der Waals surface area contributed by atoms with E-state index in [0.29, 0.717) is 6.42 Å². The molecule has 3 N–H and O–H groups in total. The Balaban J connectivity index is 1.91. The normalized spacial score (nSPS) is 26.6. The molecule has 0 amide bonds. The summed E-state index contributed by atoms with van der Waals surface area (Å²) in [6, 6.07) is 0. The molecule has 6 nitrogen and oxygen atoms in total. The van der Waals surface area contributed by atoms with E-state index in [4.69, 9.17) is 14.6 Å². The second-order valence-electron chi connectivity index (χ2n) is 8.03. The van der Waals surface area contributed by atoms with Gasteiger partial charge in [-0.1, -0.05) is 57.4 Å². The molecule has 5 unspecified atom stereocenters. The first-order chi connectivity index (χ1) is 13.4. The zero-order chi connectivity index (χ0) is 20.8. The smallest absolute Gasteiger partial charge is 0.327 e. The van der Waals surface area contributed by atoms with Crippen LogP contribution in [-0.2, 0) is 14.3 Å². The Kier molecular flexibility index (Phi) is 13.4. The van der Waals surface area contributed by atoms with Gasteiger partial charge in [-0.05, 0) is 33.1 Å². The molecule has 0 saturated carbocycles. The number of carbonyl (C=O) groups is 1. The molecular formula is C22H40O6. The van der Waals surface area contributed by atoms with E-state index >= 15 is 0 Å². The number of carboxylic acid groups (broad SMARTS) is 1. The van der Waals surface area contributed by atoms with Crippen LogP contribution in [0.5, 0.6) is 0 Å². The second-order valence-corrected chi connectivity index (χ2v) is 8.03. The van der Waals surface area contributed by atoms with Crippen molar-refractivity contribution in [3.63, 3.8) is 0 Å². The van der Waals surface area contributed by atoms with Gasteiger partial charge in [-0.3, -0.25) is 0 Å². The van der Waals surface area contributed by atoms with Gasteiger partial charge in [0.15, 0.2) is 6.29 Å². The van der Waals surface area contributed by atoms with Crippen molar-refractivity contribution in [1.29, 1.82) is 0 Å². The summed E-state index contributed by atoms with van der Waals surface area (Å²) in [7, 11) is 0. The minimum absolute atomic E-state index is 0.0391. The minimum Gasteiger partial charge on any atom is -0.478 e. The van der Waals surface area contributed by atoms with Crippen LogP contribution in [0.4, 0.5) is 0 Å². The molecule has 0 spiro atoms. The van der Waals surface area contributed by atoms with E-state index in [9.17, 15) is 15.0 Å². The summed E-state index contributed by atoms with van der Waals surface area (Å²) in [6.45, 7) is 3.81. The maximum atomic E-state index is 10.3. The SMILES string of the molecule is CC(CCCCCCCCCCCC=CC(=O)O)OC1OC(C)C(O)CC1O. The molecule has 1 aliphatic heterocycles. The van der Waals surface area contributed by atoms with Crippen LogP contribution in [0.2, 0.25) is 0 Å². The van der Waals surface area contributed by atoms with Gasteiger partial charge in [-0.25, -0.2) is 4.79 Å². The molecule has 28 heavy (non-hydrogen) atoms. The highest BCUT2D eigenvalue weighted by atomic mass is 16.7. The predicted molar refractivity (Wildman–Crippen MR) is 109 cm³/mol. The molecule has 0 aliphatic carbocycles. The lowest BCUT2D eigenvalue weighted by Crippen LogP contribution is -2.48. The molecule has 164 valence electrons. The molecule has 1 saturated heterocycles. The van der Waals surface area contributed by atoms with Crippen molar-refractivity contribution >= 4 is 5.97 Å². The predicted octanol–water partition coefficient (Wildman–Crippen LogP) is 4.18. The number of hydrogen-bond donors (Lipinski definition) is 3. The van der Waals surface area contributed by atoms with Gasteiger partial charge in [0.1, 0.15) is 6.10 Å². The highest BCUT2D eigenvalue weighted by Crippen LogP contribution is 2.23. The molecule has 0 aromatic rings. The van der Waals surface area contributed by atoms with Crippen molar-refractivity contribution in [3.8, 4) is 0 Å². The third-order valence-corrected chi connectivity index (χ3v) is 5.30. The maximum Gasteiger partial charge on any atom is 0.327 e. The van der Waals surface area contributed by atoms with E-state index in [-0.39, 0.29) is 12.2 Å². The van der Waals surface area contributed by atoms with Crippen molar-refractivity contribution in [2.45, 2.75) is 122 Å². The third-order valence-electron chi connectivity index (χ3n) is 5.30. The summed E-state index contributed by atoms with van der Waals surface area (Å²) in [5, 5.41) is 28.1. The molecule has 6 heteroatoms. The Labute approximate surface area is 169 Å². The van der Waals surface area contributed by atoms with Gasteiger partial charge in [0.25, 0.3) is 0 Å². The lowest BCUT2D eigenvalue weighted by Gasteiger charge is -2.36. The van der Waals surface area contributed by atoms with Gasteiger partial charge in [0.2, 0.25) is 0 Å². The molecule has 5 atom stereocenters. The first-order valence-corrected chi connectivity index (χ1v) is 11.0. The van der Waals surface area contributed by atoms with E-state index in [1.807, 2.05) is 6.92 Å². The van der Waals surface area contributed by atoms with Crippen molar-refractivity contribution in [3.05, 3.63) is 12.2 Å². The number of aliphatic hydroxyl groups is 2. The maximum absolute atomic E-state index is 10.3. The molecule has 1 heterocycles. The summed E-state index contributed by atoms with van der Waals surface area (Å²) >= 11 is 0. The van der Waals surface area contributed by atoms with Gasteiger partial charge in [0, 0.05) is 12.5 Å². The van der Waals surface area contributed by atoms with Gasteiger partial charge >= 0.3 is 5.97 Å². The average Bonchev–Trinajstić information content (AvgIpc) is 2.63. The first kappa shape index (κ1) is 25.1. The molecule has 1 aliphatic rings. The Hall–Kier alpha value is -0.950. The fourth-order valence-corrected chi connectivity index (χ4v) is 3.48. The van der Waals surface area contributed by atoms with Crippen LogP contribution < -0.4 is 0 Å². The first-order valence-electron chi connectivity index (χ1n) is 11.0. The Morgan fingerprint density at radius 2 is 1.61 bits per heavy atom. The molecule has 0 radical (unpaired) electrons. The molecule has 0 bridgehead atoms. The number of rotatable bonds is 15. The van der Waals surface area contributed by atoms with E-state index in [1.165, 1.54) is 51.0 Å². The van der Waals surface area contributed by atoms with Crippen molar-refractivity contribution in [2.75, 3.05) is 0 Å². The van der Waals surface area contributed by atoms with Crippen LogP contribution in [0.25, 0.3) is 0 Å². The Morgan fingerprint density at radius 1 is 1.04 bits per heavy atom. The number of allylic oxidation sites excluding steroid dienone is 1. The minimum atomic E-state index is -0.865. The second kappa shape index (κ2) is 15.0. The lowest BCUT2D eigenvalue weighted by molar-refractivity contribution is -0.273. The van der Waals surface area contributed by atoms with E-state index in [0.717, 1.165) is 25.7 Å². The summed E-state index contributed by atoms with van der Waals surface area (Å²) < 4.78 is 11.4. The number of aliphatic hydroxyl groups excluding tert-OH is 2. The molecular weight excluding hydrogens is 360 g/mol. The highest BCUT2D eigenvalue weighted by Gasteiger charge is 2.35. The number of unbranched alkanes of at least 4 members (excludes halogenated alkanes) is 9. The van der Waals surface area contributed by atoms with Crippen molar-refractivity contribution < 1.29 is 29.6 Å². The summed E-state index contributed by atoms with van der Waals surface area (Å²) in [6.07, 6.45) is 13.6. The van der Waals surface area contributed by atoms with Crippen LogP contribution in [0.1, 0.15) is 90.9 Å². The average molecular weight is 401 g/mol. The van der Waals surface area contributed by atoms with Crippen molar-refractivity contribution in [1.82, 2.24) is 0 Å². The molecule has 0 aromatic heterocycles. The van der Waals surface area contributed by atoms with Crippen LogP contribution in [0.3, 0.4) is 0 Å². The van der Waals surface area contributed by atoms with Crippen LogP contribution in [0.15, 0.2) is 12.2 Å². The quantitative estimate of drug-likeness (QED) is 0.282.